The molecular formula is C39H46N6O6. The SMILES string of the molecule is CC(C)[C@H](NC(=O)[C@@]1(NC(=O)CC[C@H](C)CN(Cc2ccccc2)C(=O)O)CCc2[nH]c3ccccc3c2C1)C(=O)Nc1ccc(C(N)=O)cc1. The van der Waals surface area contributed by atoms with Gasteiger partial charge >= 0.3 is 6.09 Å². The van der Waals surface area contributed by atoms with Crippen LogP contribution < -0.4 is 21.7 Å². The van der Waals surface area contributed by atoms with E-state index in [1.807, 2.05) is 75.4 Å². The highest BCUT2D eigenvalue weighted by atomic mass is 16.4. The molecule has 12 nitrogen and oxygen atoms in total. The Kier molecular flexibility index (Phi) is 11.4. The monoisotopic (exact) mass is 694 g/mol. The summed E-state index contributed by atoms with van der Waals surface area (Å²) in [5.74, 6) is -2.24. The van der Waals surface area contributed by atoms with Crippen molar-refractivity contribution in [2.75, 3.05) is 11.9 Å². The van der Waals surface area contributed by atoms with E-state index in [0.29, 0.717) is 30.5 Å². The lowest BCUT2D eigenvalue weighted by Crippen LogP contribution is -2.64. The minimum Gasteiger partial charge on any atom is -0.465 e. The Morgan fingerprint density at radius 2 is 1.63 bits per heavy atom. The molecule has 1 heterocycles. The van der Waals surface area contributed by atoms with Crippen LogP contribution in [0.3, 0.4) is 0 Å². The standard InChI is InChI=1S/C39H46N6O6/c1-24(2)34(36(48)41-28-16-14-27(15-17-28)35(40)47)43-37(49)39(20-19-32-30(21-39)29-11-7-8-12-31(29)42-32)44-33(46)18-13-25(3)22-45(38(50)51)23-26-9-5-4-6-10-26/h4-12,14-17,24-25,34,42H,13,18-23H2,1-3H3,(H2,40,47)(H,41,48)(H,43,49)(H,44,46)(H,50,51)/t25-,34-,39+/m0/s1. The Balaban J connectivity index is 1.32. The van der Waals surface area contributed by atoms with Gasteiger partial charge in [-0.15, -0.1) is 0 Å². The Morgan fingerprint density at radius 1 is 0.941 bits per heavy atom. The molecule has 0 unspecified atom stereocenters. The normalized spacial score (nSPS) is 16.5. The summed E-state index contributed by atoms with van der Waals surface area (Å²) in [6.07, 6.45) is 0.507. The second-order valence-corrected chi connectivity index (χ2v) is 13.9. The van der Waals surface area contributed by atoms with Crippen LogP contribution in [0.1, 0.15) is 67.2 Å². The number of nitrogens with zero attached hydrogens (tertiary/aromatic N) is 1. The second kappa shape index (κ2) is 15.9. The number of nitrogens with one attached hydrogen (secondary N) is 4. The molecule has 3 aromatic carbocycles. The molecular weight excluding hydrogens is 648 g/mol. The van der Waals surface area contributed by atoms with E-state index in [9.17, 15) is 29.1 Å². The van der Waals surface area contributed by atoms with E-state index in [4.69, 9.17) is 5.73 Å². The third-order valence-corrected chi connectivity index (χ3v) is 9.55. The maximum absolute atomic E-state index is 14.4. The van der Waals surface area contributed by atoms with Crippen LogP contribution in [0.2, 0.25) is 0 Å². The number of carboxylic acid groups (broad SMARTS) is 1. The second-order valence-electron chi connectivity index (χ2n) is 13.9. The van der Waals surface area contributed by atoms with Crippen LogP contribution in [0.25, 0.3) is 10.9 Å². The van der Waals surface area contributed by atoms with Gasteiger partial charge in [0.25, 0.3) is 0 Å². The fourth-order valence-electron chi connectivity index (χ4n) is 6.70. The highest BCUT2D eigenvalue weighted by Crippen LogP contribution is 2.35. The molecule has 1 aliphatic carbocycles. The number of nitrogens with two attached hydrogens (primary N) is 1. The van der Waals surface area contributed by atoms with Crippen molar-refractivity contribution in [3.05, 3.63) is 101 Å². The number of carbonyl (C=O) groups is 5. The zero-order valence-corrected chi connectivity index (χ0v) is 29.2. The summed E-state index contributed by atoms with van der Waals surface area (Å²) < 4.78 is 0. The van der Waals surface area contributed by atoms with E-state index in [2.05, 4.69) is 20.9 Å². The third-order valence-electron chi connectivity index (χ3n) is 9.55. The van der Waals surface area contributed by atoms with E-state index >= 15 is 0 Å². The summed E-state index contributed by atoms with van der Waals surface area (Å²) in [4.78, 5) is 69.9. The number of H-pyrrole nitrogens is 1. The van der Waals surface area contributed by atoms with Gasteiger partial charge in [-0.05, 0) is 72.6 Å². The van der Waals surface area contributed by atoms with Crippen molar-refractivity contribution >= 4 is 46.3 Å². The summed E-state index contributed by atoms with van der Waals surface area (Å²) in [5, 5.41) is 19.6. The number of anilines is 1. The number of rotatable bonds is 14. The number of hydrogen-bond donors (Lipinski definition) is 6. The molecule has 1 aromatic heterocycles. The number of para-hydroxylation sites is 1. The summed E-state index contributed by atoms with van der Waals surface area (Å²) in [6.45, 7) is 6.04. The summed E-state index contributed by atoms with van der Waals surface area (Å²) >= 11 is 0. The van der Waals surface area contributed by atoms with Gasteiger partial charge in [0.2, 0.25) is 23.6 Å². The zero-order chi connectivity index (χ0) is 36.7. The molecule has 4 aromatic rings. The van der Waals surface area contributed by atoms with Crippen molar-refractivity contribution < 1.29 is 29.1 Å². The number of hydrogen-bond acceptors (Lipinski definition) is 5. The summed E-state index contributed by atoms with van der Waals surface area (Å²) in [5.41, 5.74) is 8.51. The molecule has 1 aliphatic rings. The molecule has 5 amide bonds. The van der Waals surface area contributed by atoms with Gasteiger partial charge in [0.05, 0.1) is 0 Å². The smallest absolute Gasteiger partial charge is 0.407 e. The van der Waals surface area contributed by atoms with E-state index in [-0.39, 0.29) is 43.7 Å². The molecule has 0 bridgehead atoms. The van der Waals surface area contributed by atoms with Gasteiger partial charge in [-0.25, -0.2) is 4.79 Å². The Bertz CT molecular complexity index is 1890. The minimum atomic E-state index is -1.34. The van der Waals surface area contributed by atoms with Crippen molar-refractivity contribution in [1.82, 2.24) is 20.5 Å². The van der Waals surface area contributed by atoms with Crippen LogP contribution in [0, 0.1) is 11.8 Å². The first kappa shape index (κ1) is 36.6. The molecule has 0 saturated carbocycles. The Labute approximate surface area is 297 Å². The first-order valence-corrected chi connectivity index (χ1v) is 17.3. The van der Waals surface area contributed by atoms with Crippen LogP contribution in [0.5, 0.6) is 0 Å². The fourth-order valence-corrected chi connectivity index (χ4v) is 6.70. The first-order valence-electron chi connectivity index (χ1n) is 17.3. The van der Waals surface area contributed by atoms with Gasteiger partial charge in [-0.1, -0.05) is 69.3 Å². The number of amides is 5. The quantitative estimate of drug-likeness (QED) is 0.108. The number of primary amides is 1. The van der Waals surface area contributed by atoms with Crippen molar-refractivity contribution in [3.8, 4) is 0 Å². The molecule has 268 valence electrons. The molecule has 5 rings (SSSR count). The first-order chi connectivity index (χ1) is 24.3. The molecule has 3 atom stereocenters. The number of fused-ring (bicyclic) bond motifs is 3. The molecule has 12 heteroatoms. The lowest BCUT2D eigenvalue weighted by molar-refractivity contribution is -0.136. The Morgan fingerprint density at radius 3 is 2.29 bits per heavy atom. The van der Waals surface area contributed by atoms with Gasteiger partial charge < -0.3 is 36.7 Å². The molecule has 0 aliphatic heterocycles. The number of aromatic amines is 1. The van der Waals surface area contributed by atoms with Crippen LogP contribution >= 0.6 is 0 Å². The van der Waals surface area contributed by atoms with Crippen LogP contribution in [0.4, 0.5) is 10.5 Å². The van der Waals surface area contributed by atoms with Crippen molar-refractivity contribution in [2.24, 2.45) is 17.6 Å². The lowest BCUT2D eigenvalue weighted by atomic mass is 9.78. The topological polar surface area (TPSA) is 187 Å². The van der Waals surface area contributed by atoms with Gasteiger partial charge in [-0.3, -0.25) is 19.2 Å². The van der Waals surface area contributed by atoms with Gasteiger partial charge in [-0.2, -0.15) is 0 Å². The lowest BCUT2D eigenvalue weighted by Gasteiger charge is -2.38. The number of benzene rings is 3. The van der Waals surface area contributed by atoms with Crippen molar-refractivity contribution in [2.45, 2.75) is 71.0 Å². The van der Waals surface area contributed by atoms with E-state index in [1.165, 1.54) is 17.0 Å². The molecule has 0 spiro atoms. The molecule has 7 N–H and O–H groups in total. The largest absolute Gasteiger partial charge is 0.465 e. The molecule has 0 fully saturated rings. The van der Waals surface area contributed by atoms with Gasteiger partial charge in [0.1, 0.15) is 11.6 Å². The molecule has 51 heavy (non-hydrogen) atoms. The van der Waals surface area contributed by atoms with Crippen molar-refractivity contribution in [1.29, 1.82) is 0 Å². The predicted molar refractivity (Wildman–Crippen MR) is 195 cm³/mol. The highest BCUT2D eigenvalue weighted by molar-refractivity contribution is 6.01. The molecule has 0 radical (unpaired) electrons. The average molecular weight is 695 g/mol. The van der Waals surface area contributed by atoms with Crippen molar-refractivity contribution in [3.63, 3.8) is 0 Å². The van der Waals surface area contributed by atoms with Crippen LogP contribution in [-0.4, -0.2) is 62.8 Å². The third kappa shape index (κ3) is 8.94. The van der Waals surface area contributed by atoms with E-state index in [1.54, 1.807) is 12.1 Å². The number of carbonyl (C=O) groups excluding carboxylic acids is 4. The zero-order valence-electron chi connectivity index (χ0n) is 29.2. The van der Waals surface area contributed by atoms with Crippen LogP contribution in [0.15, 0.2) is 78.9 Å². The van der Waals surface area contributed by atoms with E-state index < -0.39 is 35.4 Å². The van der Waals surface area contributed by atoms with Gasteiger partial charge in [0.15, 0.2) is 0 Å². The van der Waals surface area contributed by atoms with E-state index in [0.717, 1.165) is 27.7 Å². The predicted octanol–water partition coefficient (Wildman–Crippen LogP) is 4.99. The van der Waals surface area contributed by atoms with Gasteiger partial charge in [0, 0.05) is 53.8 Å². The number of aromatic nitrogens is 1. The maximum atomic E-state index is 14.4. The van der Waals surface area contributed by atoms with Crippen LogP contribution in [-0.2, 0) is 33.8 Å². The minimum absolute atomic E-state index is 0.0884. The maximum Gasteiger partial charge on any atom is 0.407 e. The highest BCUT2D eigenvalue weighted by Gasteiger charge is 2.45. The summed E-state index contributed by atoms with van der Waals surface area (Å²) in [6, 6.07) is 22.4. The molecule has 0 saturated heterocycles. The average Bonchev–Trinajstić information content (AvgIpc) is 3.47. The number of aryl methyl sites for hydroxylation is 1. The Hall–Kier alpha value is -5.65. The summed E-state index contributed by atoms with van der Waals surface area (Å²) in [7, 11) is 0. The fraction of sp³-hybridized carbons (Fsp3) is 0.359.